The Bertz CT molecular complexity index is 503. The highest BCUT2D eigenvalue weighted by atomic mass is 16.6. The fourth-order valence-electron chi connectivity index (χ4n) is 5.17. The molecular weight excluding hydrogens is 420 g/mol. The van der Waals surface area contributed by atoms with Crippen molar-refractivity contribution in [1.29, 1.82) is 0 Å². The number of esters is 2. The third kappa shape index (κ3) is 21.7. The fraction of sp³-hybridized carbons (Fsp3) is 0.935. The van der Waals surface area contributed by atoms with Crippen LogP contribution in [0.1, 0.15) is 164 Å². The Labute approximate surface area is 213 Å². The molecule has 3 nitrogen and oxygen atoms in total. The minimum absolute atomic E-state index is 0.336. The topological polar surface area (TPSA) is 43.4 Å². The van der Waals surface area contributed by atoms with Crippen LogP contribution in [0.25, 0.3) is 0 Å². The molecule has 3 heteroatoms. The van der Waals surface area contributed by atoms with Crippen LogP contribution in [0.15, 0.2) is 0 Å². The number of hydrogen-bond donors (Lipinski definition) is 0. The van der Waals surface area contributed by atoms with Crippen molar-refractivity contribution in [3.05, 3.63) is 0 Å². The summed E-state index contributed by atoms with van der Waals surface area (Å²) in [5, 5.41) is 0. The molecule has 0 saturated heterocycles. The van der Waals surface area contributed by atoms with Gasteiger partial charge in [0.2, 0.25) is 0 Å². The van der Waals surface area contributed by atoms with E-state index in [9.17, 15) is 9.59 Å². The molecule has 0 aliphatic heterocycles. The first-order valence-electron chi connectivity index (χ1n) is 14.8. The van der Waals surface area contributed by atoms with Crippen LogP contribution in [0.3, 0.4) is 0 Å². The number of rotatable bonds is 21. The molecule has 0 amide bonds. The summed E-state index contributed by atoms with van der Waals surface area (Å²) >= 11 is 0. The number of unbranched alkanes of at least 4 members (excludes halogenated alkanes) is 8. The van der Waals surface area contributed by atoms with Crippen molar-refractivity contribution in [2.45, 2.75) is 164 Å². The van der Waals surface area contributed by atoms with E-state index in [-0.39, 0.29) is 11.9 Å². The van der Waals surface area contributed by atoms with Crippen molar-refractivity contribution in [3.8, 4) is 0 Å². The highest BCUT2D eigenvalue weighted by molar-refractivity contribution is 5.85. The molecule has 0 spiro atoms. The molecule has 0 bridgehead atoms. The van der Waals surface area contributed by atoms with E-state index >= 15 is 0 Å². The number of hydrogen-bond acceptors (Lipinski definition) is 3. The molecule has 0 aliphatic rings. The van der Waals surface area contributed by atoms with Gasteiger partial charge in [0, 0.05) is 12.8 Å². The van der Waals surface area contributed by atoms with Gasteiger partial charge in [0.05, 0.1) is 0 Å². The zero-order chi connectivity index (χ0) is 25.8. The Kier molecular flexibility index (Phi) is 19.8. The van der Waals surface area contributed by atoms with Crippen LogP contribution in [0, 0.1) is 23.2 Å². The summed E-state index contributed by atoms with van der Waals surface area (Å²) in [6, 6.07) is 0. The second kappa shape index (κ2) is 20.3. The molecule has 0 aliphatic carbocycles. The highest BCUT2D eigenvalue weighted by Gasteiger charge is 2.17. The largest absolute Gasteiger partial charge is 0.393 e. The van der Waals surface area contributed by atoms with Crippen molar-refractivity contribution < 1.29 is 14.3 Å². The van der Waals surface area contributed by atoms with E-state index in [4.69, 9.17) is 4.74 Å². The highest BCUT2D eigenvalue weighted by Crippen LogP contribution is 2.29. The molecule has 0 rings (SSSR count). The molecule has 0 radical (unpaired) electrons. The lowest BCUT2D eigenvalue weighted by Crippen LogP contribution is -2.12. The van der Waals surface area contributed by atoms with E-state index in [2.05, 4.69) is 48.5 Å². The Morgan fingerprint density at radius 2 is 1.06 bits per heavy atom. The number of carbonyl (C=O) groups is 2. The standard InChI is InChI=1S/C31H60O3/c1-8-27(24-26(3)4)20-16-12-10-14-18-22-29(32)34-30(33)23-19-15-11-13-17-21-28(9-2)25-31(5,6)7/h26-28H,8-25H2,1-7H3. The quantitative estimate of drug-likeness (QED) is 0.0932. The summed E-state index contributed by atoms with van der Waals surface area (Å²) in [6.45, 7) is 16.2. The SMILES string of the molecule is CCC(CCCCCCCC(=O)OC(=O)CCCCCCCC(CC)CC(C)(C)C)CC(C)C. The maximum absolute atomic E-state index is 11.9. The predicted molar refractivity (Wildman–Crippen MR) is 147 cm³/mol. The van der Waals surface area contributed by atoms with Gasteiger partial charge in [0.1, 0.15) is 0 Å². The van der Waals surface area contributed by atoms with E-state index in [0.29, 0.717) is 18.3 Å². The third-order valence-electron chi connectivity index (χ3n) is 7.07. The van der Waals surface area contributed by atoms with Crippen LogP contribution in [-0.2, 0) is 14.3 Å². The van der Waals surface area contributed by atoms with Gasteiger partial charge in [-0.25, -0.2) is 0 Å². The van der Waals surface area contributed by atoms with Gasteiger partial charge in [-0.3, -0.25) is 9.59 Å². The Balaban J connectivity index is 3.63. The molecule has 0 fully saturated rings. The van der Waals surface area contributed by atoms with Gasteiger partial charge in [-0.15, -0.1) is 0 Å². The molecule has 0 aromatic carbocycles. The Morgan fingerprint density at radius 3 is 1.47 bits per heavy atom. The molecule has 0 saturated carbocycles. The molecule has 34 heavy (non-hydrogen) atoms. The maximum atomic E-state index is 11.9. The zero-order valence-corrected chi connectivity index (χ0v) is 24.2. The van der Waals surface area contributed by atoms with Crippen LogP contribution in [-0.4, -0.2) is 11.9 Å². The van der Waals surface area contributed by atoms with Gasteiger partial charge in [0.25, 0.3) is 0 Å². The molecule has 0 aromatic rings. The van der Waals surface area contributed by atoms with Crippen molar-refractivity contribution in [3.63, 3.8) is 0 Å². The van der Waals surface area contributed by atoms with Crippen LogP contribution < -0.4 is 0 Å². The first-order valence-corrected chi connectivity index (χ1v) is 14.8. The van der Waals surface area contributed by atoms with E-state index in [1.165, 1.54) is 77.0 Å². The third-order valence-corrected chi connectivity index (χ3v) is 7.07. The lowest BCUT2D eigenvalue weighted by molar-refractivity contribution is -0.159. The Hall–Kier alpha value is -0.860. The lowest BCUT2D eigenvalue weighted by atomic mass is 9.81. The predicted octanol–water partition coefficient (Wildman–Crippen LogP) is 10.1. The molecule has 0 heterocycles. The zero-order valence-electron chi connectivity index (χ0n) is 24.2. The van der Waals surface area contributed by atoms with Crippen molar-refractivity contribution in [2.24, 2.45) is 23.2 Å². The van der Waals surface area contributed by atoms with E-state index in [1.54, 1.807) is 0 Å². The van der Waals surface area contributed by atoms with E-state index < -0.39 is 0 Å². The number of ether oxygens (including phenoxy) is 1. The van der Waals surface area contributed by atoms with E-state index in [1.807, 2.05) is 0 Å². The summed E-state index contributed by atoms with van der Waals surface area (Å²) in [5.74, 6) is 1.83. The molecule has 2 unspecified atom stereocenters. The molecule has 202 valence electrons. The van der Waals surface area contributed by atoms with Gasteiger partial charge >= 0.3 is 11.9 Å². The van der Waals surface area contributed by atoms with Crippen LogP contribution in [0.2, 0.25) is 0 Å². The summed E-state index contributed by atoms with van der Waals surface area (Å²) in [5.41, 5.74) is 0.420. The van der Waals surface area contributed by atoms with Gasteiger partial charge < -0.3 is 4.74 Å². The molecule has 2 atom stereocenters. The maximum Gasteiger partial charge on any atom is 0.313 e. The smallest absolute Gasteiger partial charge is 0.313 e. The van der Waals surface area contributed by atoms with E-state index in [0.717, 1.165) is 43.4 Å². The second-order valence-electron chi connectivity index (χ2n) is 12.4. The van der Waals surface area contributed by atoms with Crippen molar-refractivity contribution in [1.82, 2.24) is 0 Å². The monoisotopic (exact) mass is 480 g/mol. The lowest BCUT2D eigenvalue weighted by Gasteiger charge is -2.25. The fourth-order valence-corrected chi connectivity index (χ4v) is 5.17. The van der Waals surface area contributed by atoms with Gasteiger partial charge in [-0.1, -0.05) is 126 Å². The second-order valence-corrected chi connectivity index (χ2v) is 12.4. The average Bonchev–Trinajstić information content (AvgIpc) is 2.74. The molecule has 0 aromatic heterocycles. The normalized spacial score (nSPS) is 13.8. The van der Waals surface area contributed by atoms with Crippen molar-refractivity contribution in [2.75, 3.05) is 0 Å². The van der Waals surface area contributed by atoms with Gasteiger partial charge in [0.15, 0.2) is 0 Å². The molecule has 0 N–H and O–H groups in total. The average molecular weight is 481 g/mol. The molecular formula is C31H60O3. The first kappa shape index (κ1) is 33.1. The first-order chi connectivity index (χ1) is 16.1. The summed E-state index contributed by atoms with van der Waals surface area (Å²) in [4.78, 5) is 23.8. The Morgan fingerprint density at radius 1 is 0.647 bits per heavy atom. The number of carbonyl (C=O) groups excluding carboxylic acids is 2. The van der Waals surface area contributed by atoms with Gasteiger partial charge in [-0.2, -0.15) is 0 Å². The van der Waals surface area contributed by atoms with Crippen LogP contribution >= 0.6 is 0 Å². The minimum Gasteiger partial charge on any atom is -0.393 e. The van der Waals surface area contributed by atoms with Crippen LogP contribution in [0.4, 0.5) is 0 Å². The van der Waals surface area contributed by atoms with Crippen molar-refractivity contribution >= 4 is 11.9 Å². The summed E-state index contributed by atoms with van der Waals surface area (Å²) < 4.78 is 5.00. The minimum atomic E-state index is -0.336. The summed E-state index contributed by atoms with van der Waals surface area (Å²) in [7, 11) is 0. The van der Waals surface area contributed by atoms with Gasteiger partial charge in [-0.05, 0) is 48.9 Å². The van der Waals surface area contributed by atoms with Crippen LogP contribution in [0.5, 0.6) is 0 Å². The summed E-state index contributed by atoms with van der Waals surface area (Å²) in [6.07, 6.45) is 19.8.